The number of nitrogens with one attached hydrogen (secondary N) is 2. The summed E-state index contributed by atoms with van der Waals surface area (Å²) in [6.45, 7) is 1.92. The standard InChI is InChI=1S/C22H23F3N4O2/c1-14(30)28-20-13-26-19-3-2-16(11-17(19)20)31-9-4-15-10-18(23)21(27-12-15)29-7-5-22(24,25)6-8-29/h2-3,10-13,26H,4-9H2,1H3,(H,28,30). The molecule has 0 radical (unpaired) electrons. The molecule has 164 valence electrons. The third-order valence-corrected chi connectivity index (χ3v) is 5.30. The van der Waals surface area contributed by atoms with Crippen LogP contribution in [0.4, 0.5) is 24.7 Å². The summed E-state index contributed by atoms with van der Waals surface area (Å²) in [6, 6.07) is 6.87. The first-order valence-corrected chi connectivity index (χ1v) is 10.1. The highest BCUT2D eigenvalue weighted by molar-refractivity contribution is 6.01. The number of benzene rings is 1. The lowest BCUT2D eigenvalue weighted by Crippen LogP contribution is -2.40. The summed E-state index contributed by atoms with van der Waals surface area (Å²) >= 11 is 0. The first-order chi connectivity index (χ1) is 14.8. The van der Waals surface area contributed by atoms with E-state index in [1.807, 2.05) is 18.2 Å². The first kappa shape index (κ1) is 21.0. The summed E-state index contributed by atoms with van der Waals surface area (Å²) in [5, 5.41) is 3.59. The Morgan fingerprint density at radius 3 is 2.77 bits per heavy atom. The number of aromatic nitrogens is 2. The molecule has 1 aliphatic rings. The summed E-state index contributed by atoms with van der Waals surface area (Å²) < 4.78 is 46.9. The van der Waals surface area contributed by atoms with Crippen LogP contribution in [0.5, 0.6) is 5.75 Å². The van der Waals surface area contributed by atoms with Crippen molar-refractivity contribution < 1.29 is 22.7 Å². The Morgan fingerprint density at radius 1 is 1.29 bits per heavy atom. The van der Waals surface area contributed by atoms with Crippen molar-refractivity contribution >= 4 is 28.3 Å². The van der Waals surface area contributed by atoms with Crippen LogP contribution in [-0.2, 0) is 11.2 Å². The van der Waals surface area contributed by atoms with Gasteiger partial charge in [-0.2, -0.15) is 0 Å². The van der Waals surface area contributed by atoms with Crippen LogP contribution in [0.15, 0.2) is 36.7 Å². The second kappa shape index (κ2) is 8.49. The van der Waals surface area contributed by atoms with Gasteiger partial charge in [0.25, 0.3) is 5.92 Å². The molecule has 1 amide bonds. The highest BCUT2D eigenvalue weighted by Gasteiger charge is 2.35. The third kappa shape index (κ3) is 4.92. The van der Waals surface area contributed by atoms with Gasteiger partial charge in [-0.15, -0.1) is 0 Å². The Labute approximate surface area is 177 Å². The quantitative estimate of drug-likeness (QED) is 0.601. The second-order valence-electron chi connectivity index (χ2n) is 7.68. The average Bonchev–Trinajstić information content (AvgIpc) is 3.10. The van der Waals surface area contributed by atoms with Crippen molar-refractivity contribution in [3.05, 3.63) is 48.0 Å². The Bertz CT molecular complexity index is 1090. The lowest BCUT2D eigenvalue weighted by molar-refractivity contribution is -0.114. The number of hydrogen-bond acceptors (Lipinski definition) is 4. The highest BCUT2D eigenvalue weighted by Crippen LogP contribution is 2.31. The van der Waals surface area contributed by atoms with Gasteiger partial charge in [0, 0.05) is 62.6 Å². The van der Waals surface area contributed by atoms with Crippen molar-refractivity contribution in [3.63, 3.8) is 0 Å². The largest absolute Gasteiger partial charge is 0.493 e. The van der Waals surface area contributed by atoms with E-state index in [4.69, 9.17) is 4.74 Å². The lowest BCUT2D eigenvalue weighted by atomic mass is 10.1. The van der Waals surface area contributed by atoms with Gasteiger partial charge >= 0.3 is 0 Å². The average molecular weight is 432 g/mol. The molecule has 9 heteroatoms. The number of carbonyl (C=O) groups excluding carboxylic acids is 1. The van der Waals surface area contributed by atoms with Gasteiger partial charge in [0.1, 0.15) is 5.75 Å². The van der Waals surface area contributed by atoms with Gasteiger partial charge < -0.3 is 19.9 Å². The number of pyridine rings is 1. The monoisotopic (exact) mass is 432 g/mol. The van der Waals surface area contributed by atoms with Gasteiger partial charge in [-0.3, -0.25) is 4.79 Å². The predicted molar refractivity (Wildman–Crippen MR) is 112 cm³/mol. The number of hydrogen-bond donors (Lipinski definition) is 2. The number of alkyl halides is 2. The van der Waals surface area contributed by atoms with Gasteiger partial charge in [0.05, 0.1) is 12.3 Å². The topological polar surface area (TPSA) is 70.2 Å². The van der Waals surface area contributed by atoms with Crippen molar-refractivity contribution in [2.24, 2.45) is 0 Å². The Hall–Kier alpha value is -3.23. The van der Waals surface area contributed by atoms with Gasteiger partial charge in [-0.25, -0.2) is 18.2 Å². The van der Waals surface area contributed by atoms with E-state index < -0.39 is 11.7 Å². The molecule has 0 bridgehead atoms. The minimum Gasteiger partial charge on any atom is -0.493 e. The van der Waals surface area contributed by atoms with E-state index in [9.17, 15) is 18.0 Å². The summed E-state index contributed by atoms with van der Waals surface area (Å²) in [4.78, 5) is 20.1. The summed E-state index contributed by atoms with van der Waals surface area (Å²) in [7, 11) is 0. The van der Waals surface area contributed by atoms with E-state index in [1.54, 1.807) is 17.3 Å². The molecule has 1 aromatic carbocycles. The zero-order valence-corrected chi connectivity index (χ0v) is 17.1. The van der Waals surface area contributed by atoms with Crippen molar-refractivity contribution in [1.29, 1.82) is 0 Å². The lowest BCUT2D eigenvalue weighted by Gasteiger charge is -2.32. The minimum atomic E-state index is -2.68. The fraction of sp³-hybridized carbons (Fsp3) is 0.364. The molecule has 2 N–H and O–H groups in total. The van der Waals surface area contributed by atoms with Gasteiger partial charge in [-0.05, 0) is 29.8 Å². The maximum atomic E-state index is 14.5. The normalized spacial score (nSPS) is 15.8. The highest BCUT2D eigenvalue weighted by atomic mass is 19.3. The zero-order chi connectivity index (χ0) is 22.0. The first-order valence-electron chi connectivity index (χ1n) is 10.1. The van der Waals surface area contributed by atoms with Crippen LogP contribution in [0.3, 0.4) is 0 Å². The number of amides is 1. The molecule has 0 atom stereocenters. The molecule has 4 rings (SSSR count). The van der Waals surface area contributed by atoms with Crippen molar-refractivity contribution in [1.82, 2.24) is 9.97 Å². The number of anilines is 2. The maximum Gasteiger partial charge on any atom is 0.251 e. The molecule has 2 aromatic heterocycles. The number of rotatable bonds is 6. The van der Waals surface area contributed by atoms with Crippen LogP contribution in [0.2, 0.25) is 0 Å². The Balaban J connectivity index is 1.36. The van der Waals surface area contributed by atoms with E-state index in [2.05, 4.69) is 15.3 Å². The number of aromatic amines is 1. The van der Waals surface area contributed by atoms with Crippen LogP contribution < -0.4 is 15.0 Å². The molecule has 3 heterocycles. The molecule has 1 fully saturated rings. The number of ether oxygens (including phenoxy) is 1. The molecule has 0 aliphatic carbocycles. The molecule has 0 saturated carbocycles. The summed E-state index contributed by atoms with van der Waals surface area (Å²) in [5.41, 5.74) is 2.20. The van der Waals surface area contributed by atoms with Crippen LogP contribution in [0.25, 0.3) is 10.9 Å². The molecule has 1 saturated heterocycles. The molecular weight excluding hydrogens is 409 g/mol. The van der Waals surface area contributed by atoms with Crippen molar-refractivity contribution in [2.75, 3.05) is 29.9 Å². The van der Waals surface area contributed by atoms with Gasteiger partial charge in [-0.1, -0.05) is 0 Å². The summed E-state index contributed by atoms with van der Waals surface area (Å²) in [5.74, 6) is -2.63. The number of H-pyrrole nitrogens is 1. The maximum absolute atomic E-state index is 14.5. The van der Waals surface area contributed by atoms with Gasteiger partial charge in [0.2, 0.25) is 5.91 Å². The molecule has 0 unspecified atom stereocenters. The van der Waals surface area contributed by atoms with E-state index >= 15 is 0 Å². The van der Waals surface area contributed by atoms with Gasteiger partial charge in [0.15, 0.2) is 11.6 Å². The van der Waals surface area contributed by atoms with E-state index in [-0.39, 0.29) is 37.7 Å². The number of nitrogens with zero attached hydrogens (tertiary/aromatic N) is 2. The second-order valence-corrected chi connectivity index (χ2v) is 7.68. The Kier molecular flexibility index (Phi) is 5.75. The molecule has 0 spiro atoms. The fourth-order valence-electron chi connectivity index (χ4n) is 3.65. The fourth-order valence-corrected chi connectivity index (χ4v) is 3.65. The SMILES string of the molecule is CC(=O)Nc1c[nH]c2ccc(OCCc3cnc(N4CCC(F)(F)CC4)c(F)c3)cc12. The predicted octanol–water partition coefficient (Wildman–Crippen LogP) is 4.52. The number of piperidine rings is 1. The van der Waals surface area contributed by atoms with Crippen LogP contribution >= 0.6 is 0 Å². The number of fused-ring (bicyclic) bond motifs is 1. The third-order valence-electron chi connectivity index (χ3n) is 5.30. The summed E-state index contributed by atoms with van der Waals surface area (Å²) in [6.07, 6.45) is 3.12. The van der Waals surface area contributed by atoms with E-state index in [0.29, 0.717) is 30.0 Å². The minimum absolute atomic E-state index is 0.0848. The van der Waals surface area contributed by atoms with Crippen LogP contribution in [0.1, 0.15) is 25.3 Å². The number of carbonyl (C=O) groups is 1. The number of halogens is 3. The van der Waals surface area contributed by atoms with Crippen LogP contribution in [0, 0.1) is 5.82 Å². The molecule has 31 heavy (non-hydrogen) atoms. The van der Waals surface area contributed by atoms with Crippen molar-refractivity contribution in [3.8, 4) is 5.75 Å². The molecule has 1 aliphatic heterocycles. The molecular formula is C22H23F3N4O2. The zero-order valence-electron chi connectivity index (χ0n) is 17.1. The van der Waals surface area contributed by atoms with Crippen LogP contribution in [-0.4, -0.2) is 41.5 Å². The molecule has 6 nitrogen and oxygen atoms in total. The van der Waals surface area contributed by atoms with E-state index in [0.717, 1.165) is 10.9 Å². The molecule has 3 aromatic rings. The smallest absolute Gasteiger partial charge is 0.251 e. The Morgan fingerprint density at radius 2 is 2.06 bits per heavy atom. The van der Waals surface area contributed by atoms with E-state index in [1.165, 1.54) is 13.0 Å². The van der Waals surface area contributed by atoms with Crippen molar-refractivity contribution in [2.45, 2.75) is 32.1 Å².